The fourth-order valence-electron chi connectivity index (χ4n) is 3.29. The summed E-state index contributed by atoms with van der Waals surface area (Å²) in [6.07, 6.45) is -3.61. The molecule has 136 valence electrons. The first-order valence-corrected chi connectivity index (χ1v) is 7.63. The number of rotatable bonds is 3. The number of aliphatic imine (C=N–C) groups is 1. The molecule has 1 aliphatic rings. The number of halogens is 3. The van der Waals surface area contributed by atoms with Gasteiger partial charge in [-0.1, -0.05) is 18.2 Å². The lowest BCUT2D eigenvalue weighted by atomic mass is 9.74. The molecule has 2 heterocycles. The predicted octanol–water partition coefficient (Wildman–Crippen LogP) is 3.78. The van der Waals surface area contributed by atoms with Gasteiger partial charge in [0, 0.05) is 22.9 Å². The Kier molecular flexibility index (Phi) is 4.39. The number of carboxylic acid groups (broad SMARTS) is 1. The van der Waals surface area contributed by atoms with Crippen molar-refractivity contribution >= 4 is 17.3 Å². The highest BCUT2D eigenvalue weighted by atomic mass is 19.4. The van der Waals surface area contributed by atoms with Crippen molar-refractivity contribution in [3.05, 3.63) is 53.4 Å². The summed E-state index contributed by atoms with van der Waals surface area (Å²) in [5.41, 5.74) is -0.353. The van der Waals surface area contributed by atoms with E-state index in [1.54, 1.807) is 6.92 Å². The summed E-state index contributed by atoms with van der Waals surface area (Å²) >= 11 is 0. The molecule has 2 unspecified atom stereocenters. The molecule has 6 nitrogen and oxygen atoms in total. The Balaban J connectivity index is 2.31. The van der Waals surface area contributed by atoms with Crippen LogP contribution in [0.4, 0.5) is 13.2 Å². The van der Waals surface area contributed by atoms with Crippen LogP contribution in [-0.4, -0.2) is 27.0 Å². The maximum atomic E-state index is 13.6. The van der Waals surface area contributed by atoms with Crippen LogP contribution in [0.2, 0.25) is 0 Å². The SMILES string of the molecule is CC1=NC(C)=C(c2nnco2)C(c2ccccc2C(F)(F)F)C1C(=O)O. The standard InChI is InChI=1S/C17H14F3N3O3/c1-8-12(15-23-21-7-26-15)14(13(16(24)25)9(2)22-8)10-5-3-4-6-11(10)17(18,19)20/h3-7,13-14H,1-2H3,(H,24,25). The lowest BCUT2D eigenvalue weighted by molar-refractivity contribution is -0.141. The normalized spacial score (nSPS) is 20.9. The van der Waals surface area contributed by atoms with Gasteiger partial charge in [-0.3, -0.25) is 9.79 Å². The summed E-state index contributed by atoms with van der Waals surface area (Å²) in [4.78, 5) is 16.1. The van der Waals surface area contributed by atoms with Crippen LogP contribution in [0, 0.1) is 5.92 Å². The minimum atomic E-state index is -4.64. The second kappa shape index (κ2) is 6.40. The summed E-state index contributed by atoms with van der Waals surface area (Å²) in [6, 6.07) is 4.89. The molecule has 0 bridgehead atoms. The van der Waals surface area contributed by atoms with Gasteiger partial charge in [-0.15, -0.1) is 10.2 Å². The third kappa shape index (κ3) is 3.00. The average molecular weight is 365 g/mol. The van der Waals surface area contributed by atoms with Crippen LogP contribution in [0.1, 0.15) is 36.8 Å². The zero-order valence-electron chi connectivity index (χ0n) is 13.8. The Morgan fingerprint density at radius 2 is 1.92 bits per heavy atom. The van der Waals surface area contributed by atoms with Crippen molar-refractivity contribution in [2.75, 3.05) is 0 Å². The molecule has 0 radical (unpaired) electrons. The van der Waals surface area contributed by atoms with Crippen molar-refractivity contribution in [3.63, 3.8) is 0 Å². The van der Waals surface area contributed by atoms with Gasteiger partial charge in [0.2, 0.25) is 12.3 Å². The van der Waals surface area contributed by atoms with E-state index in [0.29, 0.717) is 5.70 Å². The van der Waals surface area contributed by atoms with Crippen molar-refractivity contribution in [2.45, 2.75) is 25.9 Å². The Morgan fingerprint density at radius 1 is 1.23 bits per heavy atom. The molecular weight excluding hydrogens is 351 g/mol. The number of nitrogens with zero attached hydrogens (tertiary/aromatic N) is 3. The summed E-state index contributed by atoms with van der Waals surface area (Å²) < 4.78 is 45.8. The van der Waals surface area contributed by atoms with E-state index in [1.807, 2.05) is 0 Å². The van der Waals surface area contributed by atoms with Gasteiger partial charge in [0.05, 0.1) is 5.56 Å². The van der Waals surface area contributed by atoms with Gasteiger partial charge in [0.15, 0.2) is 0 Å². The third-order valence-corrected chi connectivity index (χ3v) is 4.29. The first-order chi connectivity index (χ1) is 12.2. The topological polar surface area (TPSA) is 88.6 Å². The van der Waals surface area contributed by atoms with Gasteiger partial charge in [-0.25, -0.2) is 0 Å². The molecule has 26 heavy (non-hydrogen) atoms. The number of benzene rings is 1. The van der Waals surface area contributed by atoms with Crippen LogP contribution in [0.25, 0.3) is 5.57 Å². The molecule has 1 N–H and O–H groups in total. The van der Waals surface area contributed by atoms with Crippen LogP contribution >= 0.6 is 0 Å². The first-order valence-electron chi connectivity index (χ1n) is 7.63. The third-order valence-electron chi connectivity index (χ3n) is 4.29. The van der Waals surface area contributed by atoms with E-state index in [-0.39, 0.29) is 22.7 Å². The lowest BCUT2D eigenvalue weighted by Crippen LogP contribution is -2.33. The number of hydrogen-bond donors (Lipinski definition) is 1. The molecule has 1 aliphatic heterocycles. The summed E-state index contributed by atoms with van der Waals surface area (Å²) in [5.74, 6) is -3.78. The molecule has 0 fully saturated rings. The number of hydrogen-bond acceptors (Lipinski definition) is 5. The Hall–Kier alpha value is -2.97. The van der Waals surface area contributed by atoms with Crippen molar-refractivity contribution in [1.82, 2.24) is 10.2 Å². The van der Waals surface area contributed by atoms with E-state index in [9.17, 15) is 23.1 Å². The number of allylic oxidation sites excluding steroid dienone is 2. The maximum absolute atomic E-state index is 13.6. The molecule has 0 saturated carbocycles. The quantitative estimate of drug-likeness (QED) is 0.894. The molecule has 0 aliphatic carbocycles. The fourth-order valence-corrected chi connectivity index (χ4v) is 3.29. The molecule has 1 aromatic heterocycles. The molecule has 2 aromatic rings. The number of aromatic nitrogens is 2. The molecule has 2 atom stereocenters. The highest BCUT2D eigenvalue weighted by Gasteiger charge is 2.44. The van der Waals surface area contributed by atoms with Crippen LogP contribution in [0.5, 0.6) is 0 Å². The van der Waals surface area contributed by atoms with Crippen molar-refractivity contribution in [3.8, 4) is 0 Å². The second-order valence-electron chi connectivity index (χ2n) is 5.87. The van der Waals surface area contributed by atoms with Gasteiger partial charge in [0.1, 0.15) is 5.92 Å². The molecule has 0 spiro atoms. The minimum absolute atomic E-state index is 0.0491. The van der Waals surface area contributed by atoms with Crippen LogP contribution in [0.15, 0.2) is 45.8 Å². The highest BCUT2D eigenvalue weighted by Crippen LogP contribution is 2.47. The van der Waals surface area contributed by atoms with Crippen molar-refractivity contribution in [1.29, 1.82) is 0 Å². The molecular formula is C17H14F3N3O3. The molecule has 9 heteroatoms. The zero-order valence-corrected chi connectivity index (χ0v) is 13.8. The zero-order chi connectivity index (χ0) is 19.1. The lowest BCUT2D eigenvalue weighted by Gasteiger charge is -2.31. The van der Waals surface area contributed by atoms with Crippen LogP contribution < -0.4 is 0 Å². The van der Waals surface area contributed by atoms with E-state index in [1.165, 1.54) is 25.1 Å². The first kappa shape index (κ1) is 17.8. The van der Waals surface area contributed by atoms with Crippen molar-refractivity contribution < 1.29 is 27.5 Å². The van der Waals surface area contributed by atoms with Gasteiger partial charge in [-0.2, -0.15) is 13.2 Å². The summed E-state index contributed by atoms with van der Waals surface area (Å²) in [5, 5.41) is 17.0. The molecule has 0 amide bonds. The predicted molar refractivity (Wildman–Crippen MR) is 85.3 cm³/mol. The Labute approximate surface area is 146 Å². The number of carbonyl (C=O) groups is 1. The van der Waals surface area contributed by atoms with Gasteiger partial charge >= 0.3 is 12.1 Å². The van der Waals surface area contributed by atoms with Crippen LogP contribution in [0.3, 0.4) is 0 Å². The highest BCUT2D eigenvalue weighted by molar-refractivity contribution is 6.05. The summed E-state index contributed by atoms with van der Waals surface area (Å²) in [7, 11) is 0. The summed E-state index contributed by atoms with van der Waals surface area (Å²) in [6.45, 7) is 3.06. The van der Waals surface area contributed by atoms with E-state index in [4.69, 9.17) is 4.42 Å². The largest absolute Gasteiger partial charge is 0.481 e. The minimum Gasteiger partial charge on any atom is -0.481 e. The van der Waals surface area contributed by atoms with E-state index >= 15 is 0 Å². The van der Waals surface area contributed by atoms with Crippen molar-refractivity contribution in [2.24, 2.45) is 10.9 Å². The number of aliphatic carboxylic acids is 1. The van der Waals surface area contributed by atoms with Gasteiger partial charge in [0.25, 0.3) is 0 Å². The van der Waals surface area contributed by atoms with E-state index in [0.717, 1.165) is 12.5 Å². The second-order valence-corrected chi connectivity index (χ2v) is 5.87. The van der Waals surface area contributed by atoms with E-state index < -0.39 is 29.5 Å². The molecule has 1 aromatic carbocycles. The Bertz CT molecular complexity index is 901. The van der Waals surface area contributed by atoms with E-state index in [2.05, 4.69) is 15.2 Å². The van der Waals surface area contributed by atoms with Gasteiger partial charge < -0.3 is 9.52 Å². The maximum Gasteiger partial charge on any atom is 0.416 e. The number of carboxylic acids is 1. The van der Waals surface area contributed by atoms with Crippen LogP contribution in [-0.2, 0) is 11.0 Å². The average Bonchev–Trinajstić information content (AvgIpc) is 3.06. The molecule has 0 saturated heterocycles. The Morgan fingerprint density at radius 3 is 2.50 bits per heavy atom. The smallest absolute Gasteiger partial charge is 0.416 e. The molecule has 3 rings (SSSR count). The van der Waals surface area contributed by atoms with Gasteiger partial charge in [-0.05, 0) is 25.5 Å². The monoisotopic (exact) mass is 365 g/mol. The number of alkyl halides is 3. The fraction of sp³-hybridized carbons (Fsp3) is 0.294.